The summed E-state index contributed by atoms with van der Waals surface area (Å²) < 4.78 is 22.0. The standard InChI is InChI=1S/C13H19NO4S/c1-14(8-3-9-19(2,17)18)10-11-4-6-12(7-5-11)13(15)16/h4-7H,3,8-10H2,1-2H3,(H,15,16). The third kappa shape index (κ3) is 6.35. The largest absolute Gasteiger partial charge is 0.478 e. The average molecular weight is 285 g/mol. The van der Waals surface area contributed by atoms with Crippen molar-refractivity contribution in [3.05, 3.63) is 35.4 Å². The van der Waals surface area contributed by atoms with Gasteiger partial charge in [-0.1, -0.05) is 12.1 Å². The number of benzene rings is 1. The minimum absolute atomic E-state index is 0.190. The lowest BCUT2D eigenvalue weighted by Gasteiger charge is -2.16. The number of carboxylic acid groups (broad SMARTS) is 1. The molecule has 0 saturated heterocycles. The topological polar surface area (TPSA) is 74.7 Å². The molecular formula is C13H19NO4S. The molecule has 0 aliphatic carbocycles. The maximum absolute atomic E-state index is 11.0. The molecule has 0 aromatic heterocycles. The maximum atomic E-state index is 11.0. The van der Waals surface area contributed by atoms with E-state index in [1.165, 1.54) is 6.26 Å². The highest BCUT2D eigenvalue weighted by atomic mass is 32.2. The van der Waals surface area contributed by atoms with Crippen LogP contribution in [0.1, 0.15) is 22.3 Å². The highest BCUT2D eigenvalue weighted by Gasteiger charge is 2.06. The summed E-state index contributed by atoms with van der Waals surface area (Å²) in [4.78, 5) is 12.7. The summed E-state index contributed by atoms with van der Waals surface area (Å²) in [6.45, 7) is 1.36. The molecule has 1 aromatic rings. The Hall–Kier alpha value is -1.40. The van der Waals surface area contributed by atoms with Gasteiger partial charge in [0.05, 0.1) is 11.3 Å². The molecule has 19 heavy (non-hydrogen) atoms. The second-order valence-electron chi connectivity index (χ2n) is 4.72. The van der Waals surface area contributed by atoms with Gasteiger partial charge < -0.3 is 10.0 Å². The maximum Gasteiger partial charge on any atom is 0.335 e. The van der Waals surface area contributed by atoms with E-state index < -0.39 is 15.8 Å². The molecule has 1 rings (SSSR count). The molecule has 1 aromatic carbocycles. The van der Waals surface area contributed by atoms with Gasteiger partial charge >= 0.3 is 5.97 Å². The fraction of sp³-hybridized carbons (Fsp3) is 0.462. The lowest BCUT2D eigenvalue weighted by Crippen LogP contribution is -2.21. The molecule has 0 heterocycles. The summed E-state index contributed by atoms with van der Waals surface area (Å²) in [7, 11) is -0.990. The first-order valence-electron chi connectivity index (χ1n) is 5.96. The highest BCUT2D eigenvalue weighted by Crippen LogP contribution is 2.07. The first kappa shape index (κ1) is 15.7. The lowest BCUT2D eigenvalue weighted by molar-refractivity contribution is 0.0697. The van der Waals surface area contributed by atoms with Crippen molar-refractivity contribution in [3.8, 4) is 0 Å². The Morgan fingerprint density at radius 3 is 2.32 bits per heavy atom. The zero-order valence-electron chi connectivity index (χ0n) is 11.2. The van der Waals surface area contributed by atoms with Gasteiger partial charge in [0.25, 0.3) is 0 Å². The van der Waals surface area contributed by atoms with Gasteiger partial charge in [-0.3, -0.25) is 0 Å². The van der Waals surface area contributed by atoms with Crippen LogP contribution in [-0.4, -0.2) is 50.0 Å². The van der Waals surface area contributed by atoms with Crippen LogP contribution >= 0.6 is 0 Å². The summed E-state index contributed by atoms with van der Waals surface area (Å²) in [6, 6.07) is 6.69. The monoisotopic (exact) mass is 285 g/mol. The van der Waals surface area contributed by atoms with Crippen molar-refractivity contribution in [2.75, 3.05) is 25.6 Å². The molecule has 0 atom stereocenters. The van der Waals surface area contributed by atoms with E-state index >= 15 is 0 Å². The Morgan fingerprint density at radius 2 is 1.84 bits per heavy atom. The number of sulfone groups is 1. The first-order chi connectivity index (χ1) is 8.78. The number of hydrogen-bond donors (Lipinski definition) is 1. The van der Waals surface area contributed by atoms with E-state index in [0.717, 1.165) is 5.56 Å². The van der Waals surface area contributed by atoms with Crippen LogP contribution in [0.5, 0.6) is 0 Å². The molecule has 0 aliphatic rings. The molecule has 0 bridgehead atoms. The van der Waals surface area contributed by atoms with Crippen LogP contribution in [-0.2, 0) is 16.4 Å². The highest BCUT2D eigenvalue weighted by molar-refractivity contribution is 7.90. The number of nitrogens with zero attached hydrogens (tertiary/aromatic N) is 1. The van der Waals surface area contributed by atoms with Gasteiger partial charge in [-0.15, -0.1) is 0 Å². The van der Waals surface area contributed by atoms with Crippen molar-refractivity contribution in [1.82, 2.24) is 4.90 Å². The fourth-order valence-corrected chi connectivity index (χ4v) is 2.39. The zero-order chi connectivity index (χ0) is 14.5. The first-order valence-corrected chi connectivity index (χ1v) is 8.02. The minimum Gasteiger partial charge on any atom is -0.478 e. The molecule has 0 aliphatic heterocycles. The Kier molecular flexibility index (Phi) is 5.50. The van der Waals surface area contributed by atoms with E-state index in [0.29, 0.717) is 19.5 Å². The van der Waals surface area contributed by atoms with E-state index in [2.05, 4.69) is 0 Å². The van der Waals surface area contributed by atoms with E-state index in [1.807, 2.05) is 11.9 Å². The SMILES string of the molecule is CN(CCCS(C)(=O)=O)Cc1ccc(C(=O)O)cc1. The van der Waals surface area contributed by atoms with Crippen molar-refractivity contribution >= 4 is 15.8 Å². The van der Waals surface area contributed by atoms with Crippen molar-refractivity contribution < 1.29 is 18.3 Å². The Morgan fingerprint density at radius 1 is 1.26 bits per heavy atom. The molecule has 0 amide bonds. The van der Waals surface area contributed by atoms with Gasteiger partial charge in [0.1, 0.15) is 9.84 Å². The van der Waals surface area contributed by atoms with Crippen LogP contribution < -0.4 is 0 Å². The van der Waals surface area contributed by atoms with Crippen molar-refractivity contribution in [1.29, 1.82) is 0 Å². The molecule has 0 saturated carbocycles. The van der Waals surface area contributed by atoms with Crippen molar-refractivity contribution in [3.63, 3.8) is 0 Å². The minimum atomic E-state index is -2.90. The molecule has 1 N–H and O–H groups in total. The van der Waals surface area contributed by atoms with Crippen molar-refractivity contribution in [2.45, 2.75) is 13.0 Å². The molecular weight excluding hydrogens is 266 g/mol. The van der Waals surface area contributed by atoms with Gasteiger partial charge in [-0.05, 0) is 37.7 Å². The summed E-state index contributed by atoms with van der Waals surface area (Å²) in [5.74, 6) is -0.747. The molecule has 0 fully saturated rings. The summed E-state index contributed by atoms with van der Waals surface area (Å²) in [6.07, 6.45) is 1.83. The molecule has 0 spiro atoms. The van der Waals surface area contributed by atoms with Gasteiger partial charge in [0.15, 0.2) is 0 Å². The number of carboxylic acids is 1. The van der Waals surface area contributed by atoms with E-state index in [1.54, 1.807) is 24.3 Å². The van der Waals surface area contributed by atoms with Crippen LogP contribution in [0.4, 0.5) is 0 Å². The number of carbonyl (C=O) groups is 1. The normalized spacial score (nSPS) is 11.7. The number of aromatic carboxylic acids is 1. The van der Waals surface area contributed by atoms with E-state index in [9.17, 15) is 13.2 Å². The fourth-order valence-electron chi connectivity index (χ4n) is 1.74. The summed E-state index contributed by atoms with van der Waals surface area (Å²) >= 11 is 0. The van der Waals surface area contributed by atoms with Gasteiger partial charge in [-0.25, -0.2) is 13.2 Å². The van der Waals surface area contributed by atoms with Crippen LogP contribution in [0.15, 0.2) is 24.3 Å². The van der Waals surface area contributed by atoms with Crippen LogP contribution in [0.2, 0.25) is 0 Å². The second kappa shape index (κ2) is 6.68. The van der Waals surface area contributed by atoms with Crippen LogP contribution in [0, 0.1) is 0 Å². The van der Waals surface area contributed by atoms with E-state index in [-0.39, 0.29) is 11.3 Å². The Balaban J connectivity index is 2.44. The second-order valence-corrected chi connectivity index (χ2v) is 6.98. The van der Waals surface area contributed by atoms with Gasteiger partial charge in [-0.2, -0.15) is 0 Å². The smallest absolute Gasteiger partial charge is 0.335 e. The Bertz CT molecular complexity index is 522. The van der Waals surface area contributed by atoms with E-state index in [4.69, 9.17) is 5.11 Å². The molecule has 0 radical (unpaired) electrons. The molecule has 6 heteroatoms. The summed E-state index contributed by atoms with van der Waals surface area (Å²) in [5.41, 5.74) is 1.27. The lowest BCUT2D eigenvalue weighted by atomic mass is 10.1. The summed E-state index contributed by atoms with van der Waals surface area (Å²) in [5, 5.41) is 8.78. The number of hydrogen-bond acceptors (Lipinski definition) is 4. The zero-order valence-corrected chi connectivity index (χ0v) is 12.0. The number of rotatable bonds is 7. The molecule has 0 unspecified atom stereocenters. The third-order valence-corrected chi connectivity index (χ3v) is 3.74. The molecule has 5 nitrogen and oxygen atoms in total. The van der Waals surface area contributed by atoms with Crippen molar-refractivity contribution in [2.24, 2.45) is 0 Å². The molecule has 106 valence electrons. The third-order valence-electron chi connectivity index (χ3n) is 2.71. The van der Waals surface area contributed by atoms with Crippen LogP contribution in [0.25, 0.3) is 0 Å². The van der Waals surface area contributed by atoms with Crippen LogP contribution in [0.3, 0.4) is 0 Å². The average Bonchev–Trinajstić information content (AvgIpc) is 2.27. The van der Waals surface area contributed by atoms with Gasteiger partial charge in [0.2, 0.25) is 0 Å². The Labute approximate surface area is 113 Å². The predicted octanol–water partition coefficient (Wildman–Crippen LogP) is 1.25. The van der Waals surface area contributed by atoms with Gasteiger partial charge in [0, 0.05) is 12.8 Å². The predicted molar refractivity (Wildman–Crippen MR) is 74.1 cm³/mol. The quantitative estimate of drug-likeness (QED) is 0.816.